The summed E-state index contributed by atoms with van der Waals surface area (Å²) < 4.78 is 14.7. The van der Waals surface area contributed by atoms with E-state index in [9.17, 15) is 4.39 Å². The smallest absolute Gasteiger partial charge is 0.141 e. The Hall–Kier alpha value is -2.69. The summed E-state index contributed by atoms with van der Waals surface area (Å²) in [6.45, 7) is 1.99. The highest BCUT2D eigenvalue weighted by atomic mass is 19.1. The largest absolute Gasteiger partial charge is 0.375 e. The fourth-order valence-electron chi connectivity index (χ4n) is 2.16. The minimum Gasteiger partial charge on any atom is -0.375 e. The van der Waals surface area contributed by atoms with E-state index in [0.717, 1.165) is 17.1 Å². The number of hydrogen-bond acceptors (Lipinski definition) is 3. The summed E-state index contributed by atoms with van der Waals surface area (Å²) in [5.41, 5.74) is 2.68. The fourth-order valence-corrected chi connectivity index (χ4v) is 2.16. The average molecular weight is 282 g/mol. The minimum atomic E-state index is -0.331. The van der Waals surface area contributed by atoms with Crippen molar-refractivity contribution in [2.75, 3.05) is 5.32 Å². The second-order valence-corrected chi connectivity index (χ2v) is 4.74. The van der Waals surface area contributed by atoms with Crippen LogP contribution in [0.25, 0.3) is 5.69 Å². The number of nitrogens with one attached hydrogen (secondary N) is 1. The maximum absolute atomic E-state index is 12.9. The van der Waals surface area contributed by atoms with Gasteiger partial charge in [-0.2, -0.15) is 5.10 Å². The van der Waals surface area contributed by atoms with E-state index >= 15 is 0 Å². The lowest BCUT2D eigenvalue weighted by Crippen LogP contribution is -2.11. The zero-order valence-electron chi connectivity index (χ0n) is 11.6. The molecule has 0 bridgehead atoms. The monoisotopic (exact) mass is 282 g/mol. The molecule has 3 rings (SSSR count). The normalized spacial score (nSPS) is 12.1. The fraction of sp³-hybridized carbons (Fsp3) is 0.125. The number of benzene rings is 1. The number of rotatable bonds is 4. The third-order valence-electron chi connectivity index (χ3n) is 3.22. The van der Waals surface area contributed by atoms with Crippen LogP contribution in [0, 0.1) is 5.82 Å². The molecule has 0 radical (unpaired) electrons. The Kier molecular flexibility index (Phi) is 3.64. The molecule has 0 aliphatic carbocycles. The lowest BCUT2D eigenvalue weighted by atomic mass is 10.2. The summed E-state index contributed by atoms with van der Waals surface area (Å²) in [5.74, 6) is -0.331. The van der Waals surface area contributed by atoms with Crippen LogP contribution in [0.5, 0.6) is 0 Å². The third-order valence-corrected chi connectivity index (χ3v) is 3.22. The zero-order chi connectivity index (χ0) is 14.7. The Morgan fingerprint density at radius 3 is 2.71 bits per heavy atom. The minimum absolute atomic E-state index is 0.0395. The van der Waals surface area contributed by atoms with Crippen molar-refractivity contribution in [3.8, 4) is 5.69 Å². The van der Waals surface area contributed by atoms with E-state index in [1.54, 1.807) is 16.9 Å². The van der Waals surface area contributed by atoms with Crippen molar-refractivity contribution in [2.45, 2.75) is 13.0 Å². The van der Waals surface area contributed by atoms with Gasteiger partial charge in [-0.05, 0) is 37.3 Å². The molecule has 2 heterocycles. The molecule has 0 aliphatic heterocycles. The quantitative estimate of drug-likeness (QED) is 0.795. The van der Waals surface area contributed by atoms with Crippen LogP contribution >= 0.6 is 0 Å². The second kappa shape index (κ2) is 5.75. The molecule has 0 amide bonds. The van der Waals surface area contributed by atoms with Crippen LogP contribution in [-0.2, 0) is 0 Å². The van der Waals surface area contributed by atoms with Gasteiger partial charge in [-0.15, -0.1) is 0 Å². The van der Waals surface area contributed by atoms with E-state index < -0.39 is 0 Å². The van der Waals surface area contributed by atoms with Gasteiger partial charge in [0.2, 0.25) is 0 Å². The van der Waals surface area contributed by atoms with Crippen molar-refractivity contribution in [3.63, 3.8) is 0 Å². The summed E-state index contributed by atoms with van der Waals surface area (Å²) in [5, 5.41) is 7.64. The predicted octanol–water partition coefficient (Wildman–Crippen LogP) is 3.58. The Morgan fingerprint density at radius 2 is 2.00 bits per heavy atom. The van der Waals surface area contributed by atoms with E-state index in [2.05, 4.69) is 15.4 Å². The van der Waals surface area contributed by atoms with Gasteiger partial charge < -0.3 is 5.32 Å². The average Bonchev–Trinajstić information content (AvgIpc) is 3.02. The maximum Gasteiger partial charge on any atom is 0.141 e. The molecule has 1 unspecified atom stereocenters. The molecule has 0 aliphatic rings. The molecule has 1 aromatic carbocycles. The molecule has 2 aromatic heterocycles. The molecule has 5 heteroatoms. The first kappa shape index (κ1) is 13.3. The van der Waals surface area contributed by atoms with E-state index in [1.165, 1.54) is 12.3 Å². The van der Waals surface area contributed by atoms with E-state index in [4.69, 9.17) is 0 Å². The SMILES string of the molecule is CC(Nc1ccccc1-n1cccn1)c1ccc(F)cn1. The van der Waals surface area contributed by atoms with Crippen molar-refractivity contribution < 1.29 is 4.39 Å². The highest BCUT2D eigenvalue weighted by Crippen LogP contribution is 2.23. The van der Waals surface area contributed by atoms with Crippen molar-refractivity contribution in [2.24, 2.45) is 0 Å². The summed E-state index contributed by atoms with van der Waals surface area (Å²) in [4.78, 5) is 4.11. The lowest BCUT2D eigenvalue weighted by molar-refractivity contribution is 0.617. The highest BCUT2D eigenvalue weighted by molar-refractivity contribution is 5.61. The number of halogens is 1. The predicted molar refractivity (Wildman–Crippen MR) is 79.8 cm³/mol. The number of anilines is 1. The molecule has 0 spiro atoms. The molecule has 0 saturated carbocycles. The Bertz CT molecular complexity index is 707. The molecule has 21 heavy (non-hydrogen) atoms. The van der Waals surface area contributed by atoms with Gasteiger partial charge >= 0.3 is 0 Å². The number of para-hydroxylation sites is 2. The van der Waals surface area contributed by atoms with Gasteiger partial charge in [0.25, 0.3) is 0 Å². The summed E-state index contributed by atoms with van der Waals surface area (Å²) in [7, 11) is 0. The van der Waals surface area contributed by atoms with Crippen LogP contribution in [0.15, 0.2) is 61.1 Å². The Labute approximate surface area is 122 Å². The Morgan fingerprint density at radius 1 is 1.14 bits per heavy atom. The van der Waals surface area contributed by atoms with Crippen LogP contribution in [0.4, 0.5) is 10.1 Å². The number of pyridine rings is 1. The third kappa shape index (κ3) is 2.91. The van der Waals surface area contributed by atoms with E-state index in [0.29, 0.717) is 0 Å². The zero-order valence-corrected chi connectivity index (χ0v) is 11.6. The van der Waals surface area contributed by atoms with Crippen LogP contribution in [-0.4, -0.2) is 14.8 Å². The van der Waals surface area contributed by atoms with E-state index in [-0.39, 0.29) is 11.9 Å². The number of aromatic nitrogens is 3. The van der Waals surface area contributed by atoms with E-state index in [1.807, 2.05) is 43.5 Å². The van der Waals surface area contributed by atoms with Gasteiger partial charge in [0.1, 0.15) is 5.82 Å². The van der Waals surface area contributed by atoms with Crippen molar-refractivity contribution in [1.82, 2.24) is 14.8 Å². The van der Waals surface area contributed by atoms with Crippen molar-refractivity contribution >= 4 is 5.69 Å². The first-order chi connectivity index (χ1) is 10.2. The van der Waals surface area contributed by atoms with Gasteiger partial charge in [0.15, 0.2) is 0 Å². The molecule has 4 nitrogen and oxygen atoms in total. The van der Waals surface area contributed by atoms with Crippen LogP contribution in [0.1, 0.15) is 18.7 Å². The topological polar surface area (TPSA) is 42.7 Å². The molecular weight excluding hydrogens is 267 g/mol. The maximum atomic E-state index is 12.9. The summed E-state index contributed by atoms with van der Waals surface area (Å²) >= 11 is 0. The van der Waals surface area contributed by atoms with Crippen LogP contribution in [0.2, 0.25) is 0 Å². The number of nitrogens with zero attached hydrogens (tertiary/aromatic N) is 3. The van der Waals surface area contributed by atoms with Gasteiger partial charge in [-0.3, -0.25) is 4.98 Å². The second-order valence-electron chi connectivity index (χ2n) is 4.74. The van der Waals surface area contributed by atoms with Gasteiger partial charge in [0, 0.05) is 12.4 Å². The molecule has 1 atom stereocenters. The first-order valence-corrected chi connectivity index (χ1v) is 6.71. The van der Waals surface area contributed by atoms with Crippen molar-refractivity contribution in [3.05, 3.63) is 72.6 Å². The highest BCUT2D eigenvalue weighted by Gasteiger charge is 2.10. The molecule has 0 fully saturated rings. The Balaban J connectivity index is 1.86. The molecule has 0 saturated heterocycles. The number of hydrogen-bond donors (Lipinski definition) is 1. The molecule has 106 valence electrons. The molecule has 3 aromatic rings. The molecule has 1 N–H and O–H groups in total. The summed E-state index contributed by atoms with van der Waals surface area (Å²) in [6, 6.07) is 12.8. The molecular formula is C16H15FN4. The standard InChI is InChI=1S/C16H15FN4/c1-12(14-8-7-13(17)11-18-14)20-15-5-2-3-6-16(15)21-10-4-9-19-21/h2-12,20H,1H3. The first-order valence-electron chi connectivity index (χ1n) is 6.71. The van der Waals surface area contributed by atoms with Gasteiger partial charge in [-0.25, -0.2) is 9.07 Å². The van der Waals surface area contributed by atoms with Gasteiger partial charge in [-0.1, -0.05) is 12.1 Å². The summed E-state index contributed by atoms with van der Waals surface area (Å²) in [6.07, 6.45) is 4.86. The van der Waals surface area contributed by atoms with Crippen molar-refractivity contribution in [1.29, 1.82) is 0 Å². The lowest BCUT2D eigenvalue weighted by Gasteiger charge is -2.17. The van der Waals surface area contributed by atoms with Gasteiger partial charge in [0.05, 0.1) is 29.3 Å². The van der Waals surface area contributed by atoms with Crippen LogP contribution < -0.4 is 5.32 Å². The van der Waals surface area contributed by atoms with Crippen LogP contribution in [0.3, 0.4) is 0 Å².